The minimum Gasteiger partial charge on any atom is -0.371 e. The highest BCUT2D eigenvalue weighted by molar-refractivity contribution is 8.32. The summed E-state index contributed by atoms with van der Waals surface area (Å²) in [7, 11) is -1.19. The van der Waals surface area contributed by atoms with Crippen molar-refractivity contribution in [1.82, 2.24) is 0 Å². The molecule has 0 spiro atoms. The van der Waals surface area contributed by atoms with E-state index in [9.17, 15) is 4.79 Å². The van der Waals surface area contributed by atoms with Crippen molar-refractivity contribution < 1.29 is 4.79 Å². The lowest BCUT2D eigenvalue weighted by atomic mass is 10.0. The van der Waals surface area contributed by atoms with Gasteiger partial charge < -0.3 is 9.80 Å². The molecule has 2 aromatic rings. The second-order valence-electron chi connectivity index (χ2n) is 7.70. The molecule has 0 atom stereocenters. The SMILES string of the molecule is CS1(C)c2cc(N3CCC3)ccc2C(=O)c2ccc(N3CCC3)cc21. The Hall–Kier alpha value is -1.94. The first-order chi connectivity index (χ1) is 12.1. The Morgan fingerprint density at radius 2 is 1.20 bits per heavy atom. The number of nitrogens with zero attached hydrogens (tertiary/aromatic N) is 2. The summed E-state index contributed by atoms with van der Waals surface area (Å²) >= 11 is 0. The maximum atomic E-state index is 13.1. The van der Waals surface area contributed by atoms with Crippen molar-refractivity contribution in [3.05, 3.63) is 47.5 Å². The van der Waals surface area contributed by atoms with Gasteiger partial charge in [-0.1, -0.05) is 0 Å². The van der Waals surface area contributed by atoms with E-state index in [1.165, 1.54) is 34.0 Å². The summed E-state index contributed by atoms with van der Waals surface area (Å²) < 4.78 is 0. The molecule has 2 aromatic carbocycles. The number of rotatable bonds is 2. The molecule has 0 aromatic heterocycles. The average Bonchev–Trinajstić information content (AvgIpc) is 2.50. The van der Waals surface area contributed by atoms with Gasteiger partial charge >= 0.3 is 0 Å². The van der Waals surface area contributed by atoms with Gasteiger partial charge in [-0.15, -0.1) is 0 Å². The van der Waals surface area contributed by atoms with Gasteiger partial charge in [0, 0.05) is 58.5 Å². The van der Waals surface area contributed by atoms with Crippen LogP contribution in [0.5, 0.6) is 0 Å². The Labute approximate surface area is 150 Å². The molecule has 0 unspecified atom stereocenters. The van der Waals surface area contributed by atoms with Crippen LogP contribution in [0.3, 0.4) is 0 Å². The van der Waals surface area contributed by atoms with E-state index in [0.29, 0.717) is 0 Å². The van der Waals surface area contributed by atoms with Gasteiger partial charge in [-0.25, -0.2) is 0 Å². The van der Waals surface area contributed by atoms with E-state index in [-0.39, 0.29) is 5.78 Å². The fourth-order valence-corrected chi connectivity index (χ4v) is 6.54. The van der Waals surface area contributed by atoms with Crippen LogP contribution in [0.4, 0.5) is 11.4 Å². The fraction of sp³-hybridized carbons (Fsp3) is 0.381. The number of hydrogen-bond donors (Lipinski definition) is 0. The van der Waals surface area contributed by atoms with E-state index in [2.05, 4.69) is 58.7 Å². The van der Waals surface area contributed by atoms with Crippen LogP contribution in [-0.2, 0) is 0 Å². The van der Waals surface area contributed by atoms with E-state index >= 15 is 0 Å². The molecule has 3 heterocycles. The molecular weight excluding hydrogens is 328 g/mol. The molecule has 0 saturated carbocycles. The van der Waals surface area contributed by atoms with Gasteiger partial charge in [0.05, 0.1) is 0 Å². The molecule has 3 nitrogen and oxygen atoms in total. The monoisotopic (exact) mass is 352 g/mol. The molecule has 3 aliphatic rings. The Morgan fingerprint density at radius 3 is 1.56 bits per heavy atom. The topological polar surface area (TPSA) is 23.6 Å². The predicted molar refractivity (Wildman–Crippen MR) is 106 cm³/mol. The zero-order valence-corrected chi connectivity index (χ0v) is 15.7. The van der Waals surface area contributed by atoms with Gasteiger partial charge in [-0.05, 0) is 61.8 Å². The molecular formula is C21H24N2OS. The average molecular weight is 353 g/mol. The van der Waals surface area contributed by atoms with Gasteiger partial charge in [0.15, 0.2) is 5.78 Å². The first kappa shape index (κ1) is 15.3. The standard InChI is InChI=1S/C21H24N2OS/c1-25(2)19-13-15(22-9-3-10-22)5-7-17(19)21(24)18-8-6-16(14-20(18)25)23-11-4-12-23/h5-8,13-14H,3-4,9-12H2,1-2H3. The third kappa shape index (κ3) is 2.16. The lowest BCUT2D eigenvalue weighted by molar-refractivity contribution is 0.103. The van der Waals surface area contributed by atoms with Crippen LogP contribution in [0.1, 0.15) is 28.8 Å². The molecule has 4 heteroatoms. The van der Waals surface area contributed by atoms with Crippen LogP contribution in [0.25, 0.3) is 0 Å². The highest BCUT2D eigenvalue weighted by Crippen LogP contribution is 2.63. The molecule has 2 fully saturated rings. The fourth-order valence-electron chi connectivity index (χ4n) is 4.05. The summed E-state index contributed by atoms with van der Waals surface area (Å²) in [5.74, 6) is 0.196. The summed E-state index contributed by atoms with van der Waals surface area (Å²) in [5.41, 5.74) is 4.38. The molecule has 25 heavy (non-hydrogen) atoms. The Kier molecular flexibility index (Phi) is 3.23. The second-order valence-corrected chi connectivity index (χ2v) is 11.2. The zero-order chi connectivity index (χ0) is 17.2. The van der Waals surface area contributed by atoms with Crippen molar-refractivity contribution in [3.8, 4) is 0 Å². The number of fused-ring (bicyclic) bond motifs is 2. The first-order valence-electron chi connectivity index (χ1n) is 9.12. The van der Waals surface area contributed by atoms with Gasteiger partial charge in [-0.2, -0.15) is 10.0 Å². The quantitative estimate of drug-likeness (QED) is 0.812. The van der Waals surface area contributed by atoms with Crippen molar-refractivity contribution in [2.24, 2.45) is 0 Å². The van der Waals surface area contributed by atoms with E-state index < -0.39 is 10.0 Å². The number of carbonyl (C=O) groups is 1. The summed E-state index contributed by atoms with van der Waals surface area (Å²) in [4.78, 5) is 20.4. The molecule has 0 N–H and O–H groups in total. The first-order valence-corrected chi connectivity index (χ1v) is 11.6. The van der Waals surface area contributed by atoms with Crippen molar-refractivity contribution in [1.29, 1.82) is 0 Å². The summed E-state index contributed by atoms with van der Waals surface area (Å²) in [5, 5.41) is 0. The number of hydrogen-bond acceptors (Lipinski definition) is 3. The molecule has 5 rings (SSSR count). The lowest BCUT2D eigenvalue weighted by Gasteiger charge is -2.42. The zero-order valence-electron chi connectivity index (χ0n) is 14.9. The van der Waals surface area contributed by atoms with Gasteiger partial charge in [0.2, 0.25) is 0 Å². The molecule has 130 valence electrons. The highest BCUT2D eigenvalue weighted by atomic mass is 32.3. The third-order valence-corrected chi connectivity index (χ3v) is 8.84. The van der Waals surface area contributed by atoms with Crippen LogP contribution >= 0.6 is 10.0 Å². The minimum atomic E-state index is -1.19. The molecule has 2 saturated heterocycles. The molecule has 0 aliphatic carbocycles. The number of anilines is 2. The van der Waals surface area contributed by atoms with Crippen LogP contribution in [0, 0.1) is 0 Å². The van der Waals surface area contributed by atoms with Crippen molar-refractivity contribution >= 4 is 27.2 Å². The van der Waals surface area contributed by atoms with E-state index in [1.54, 1.807) is 0 Å². The Bertz CT molecular complexity index is 812. The second kappa shape index (κ2) is 5.28. The van der Waals surface area contributed by atoms with Crippen molar-refractivity contribution in [2.75, 3.05) is 48.5 Å². The molecule has 0 amide bonds. The van der Waals surface area contributed by atoms with E-state index in [1.807, 2.05) is 0 Å². The molecule has 3 aliphatic heterocycles. The molecule has 0 radical (unpaired) electrons. The molecule has 0 bridgehead atoms. The van der Waals surface area contributed by atoms with Crippen molar-refractivity contribution in [3.63, 3.8) is 0 Å². The van der Waals surface area contributed by atoms with Crippen LogP contribution < -0.4 is 9.80 Å². The summed E-state index contributed by atoms with van der Waals surface area (Å²) in [6.45, 7) is 4.55. The number of ketones is 1. The lowest BCUT2D eigenvalue weighted by Crippen LogP contribution is -2.37. The number of benzene rings is 2. The number of carbonyl (C=O) groups excluding carboxylic acids is 1. The summed E-state index contributed by atoms with van der Waals surface area (Å²) in [6, 6.07) is 13.0. The highest BCUT2D eigenvalue weighted by Gasteiger charge is 2.35. The maximum Gasteiger partial charge on any atom is 0.195 e. The largest absolute Gasteiger partial charge is 0.371 e. The van der Waals surface area contributed by atoms with Crippen LogP contribution in [0.15, 0.2) is 46.2 Å². The van der Waals surface area contributed by atoms with Crippen LogP contribution in [-0.4, -0.2) is 44.5 Å². The normalized spacial score (nSPS) is 21.8. The van der Waals surface area contributed by atoms with Gasteiger partial charge in [0.25, 0.3) is 0 Å². The Balaban J connectivity index is 1.64. The van der Waals surface area contributed by atoms with Crippen LogP contribution in [0.2, 0.25) is 0 Å². The van der Waals surface area contributed by atoms with Gasteiger partial charge in [0.1, 0.15) is 0 Å². The Morgan fingerprint density at radius 1 is 0.760 bits per heavy atom. The van der Waals surface area contributed by atoms with E-state index in [4.69, 9.17) is 0 Å². The minimum absolute atomic E-state index is 0.196. The predicted octanol–water partition coefficient (Wildman–Crippen LogP) is 4.13. The van der Waals surface area contributed by atoms with E-state index in [0.717, 1.165) is 37.3 Å². The van der Waals surface area contributed by atoms with Gasteiger partial charge in [-0.3, -0.25) is 4.79 Å². The maximum absolute atomic E-state index is 13.1. The third-order valence-electron chi connectivity index (χ3n) is 5.96. The van der Waals surface area contributed by atoms with Crippen molar-refractivity contribution in [2.45, 2.75) is 22.6 Å². The smallest absolute Gasteiger partial charge is 0.195 e. The summed E-state index contributed by atoms with van der Waals surface area (Å²) in [6.07, 6.45) is 7.23.